The van der Waals surface area contributed by atoms with E-state index < -0.39 is 0 Å². The second-order valence-corrected chi connectivity index (χ2v) is 5.92. The van der Waals surface area contributed by atoms with Gasteiger partial charge in [-0.3, -0.25) is 0 Å². The van der Waals surface area contributed by atoms with Crippen LogP contribution in [0.4, 0.5) is 5.69 Å². The van der Waals surface area contributed by atoms with E-state index in [-0.39, 0.29) is 0 Å². The molecule has 2 N–H and O–H groups in total. The van der Waals surface area contributed by atoms with Gasteiger partial charge in [-0.05, 0) is 53.7 Å². The molecule has 0 bridgehead atoms. The maximum absolute atomic E-state index is 5.99. The first-order valence-corrected chi connectivity index (χ1v) is 7.26. The number of ether oxygens (including phenoxy) is 1. The summed E-state index contributed by atoms with van der Waals surface area (Å²) in [4.78, 5) is 0. The van der Waals surface area contributed by atoms with E-state index in [1.807, 2.05) is 29.8 Å². The first-order valence-electron chi connectivity index (χ1n) is 7.26. The van der Waals surface area contributed by atoms with Gasteiger partial charge in [0.05, 0.1) is 6.54 Å². The van der Waals surface area contributed by atoms with Gasteiger partial charge in [-0.25, -0.2) is 4.68 Å². The Balaban J connectivity index is 1.86. The first-order chi connectivity index (χ1) is 10.2. The van der Waals surface area contributed by atoms with Crippen molar-refractivity contribution in [3.8, 4) is 11.4 Å². The van der Waals surface area contributed by atoms with E-state index in [0.29, 0.717) is 5.41 Å². The molecule has 3 rings (SSSR count). The minimum absolute atomic E-state index is 0.300. The molecule has 1 aromatic heterocycles. The molecule has 2 aromatic rings. The Kier molecular flexibility index (Phi) is 3.63. The molecule has 112 valence electrons. The first kappa shape index (κ1) is 14.0. The molecule has 1 fully saturated rings. The average Bonchev–Trinajstić information content (AvgIpc) is 3.09. The Bertz CT molecular complexity index is 633. The Morgan fingerprint density at radius 1 is 1.38 bits per heavy atom. The molecular weight excluding hydrogens is 266 g/mol. The largest absolute Gasteiger partial charge is 0.398 e. The number of hydrogen-bond donors (Lipinski definition) is 1. The molecule has 1 aliphatic carbocycles. The predicted octanol–water partition coefficient (Wildman–Crippen LogP) is 2.05. The van der Waals surface area contributed by atoms with Crippen molar-refractivity contribution in [2.75, 3.05) is 19.5 Å². The summed E-state index contributed by atoms with van der Waals surface area (Å²) < 4.78 is 7.12. The van der Waals surface area contributed by atoms with Crippen molar-refractivity contribution in [3.63, 3.8) is 0 Å². The third-order valence-electron chi connectivity index (χ3n) is 4.43. The quantitative estimate of drug-likeness (QED) is 0.823. The number of benzene rings is 1. The highest BCUT2D eigenvalue weighted by Crippen LogP contribution is 2.50. The molecule has 1 saturated carbocycles. The minimum atomic E-state index is 0.300. The van der Waals surface area contributed by atoms with Gasteiger partial charge in [0.15, 0.2) is 5.82 Å². The smallest absolute Gasteiger partial charge is 0.182 e. The summed E-state index contributed by atoms with van der Waals surface area (Å²) in [5.74, 6) is 0.795. The van der Waals surface area contributed by atoms with Crippen LogP contribution in [0.15, 0.2) is 18.2 Å². The van der Waals surface area contributed by atoms with Crippen molar-refractivity contribution in [1.29, 1.82) is 0 Å². The summed E-state index contributed by atoms with van der Waals surface area (Å²) in [5, 5.41) is 12.2. The molecule has 0 aliphatic heterocycles. The molecule has 0 atom stereocenters. The van der Waals surface area contributed by atoms with Crippen LogP contribution in [0.2, 0.25) is 0 Å². The minimum Gasteiger partial charge on any atom is -0.398 e. The fourth-order valence-corrected chi connectivity index (χ4v) is 2.70. The molecule has 1 aliphatic rings. The van der Waals surface area contributed by atoms with Crippen LogP contribution in [0, 0.1) is 12.3 Å². The van der Waals surface area contributed by atoms with Crippen LogP contribution in [0.25, 0.3) is 11.4 Å². The van der Waals surface area contributed by atoms with Crippen molar-refractivity contribution in [3.05, 3.63) is 23.8 Å². The number of nitrogens with zero attached hydrogens (tertiary/aromatic N) is 4. The predicted molar refractivity (Wildman–Crippen MR) is 80.6 cm³/mol. The van der Waals surface area contributed by atoms with Crippen molar-refractivity contribution in [1.82, 2.24) is 20.2 Å². The van der Waals surface area contributed by atoms with E-state index in [2.05, 4.69) is 15.5 Å². The van der Waals surface area contributed by atoms with Crippen LogP contribution in [0.1, 0.15) is 24.8 Å². The fourth-order valence-electron chi connectivity index (χ4n) is 2.70. The molecular formula is C15H21N5O. The average molecular weight is 287 g/mol. The summed E-state index contributed by atoms with van der Waals surface area (Å²) in [6.07, 6.45) is 3.48. The van der Waals surface area contributed by atoms with E-state index in [9.17, 15) is 0 Å². The molecule has 21 heavy (non-hydrogen) atoms. The van der Waals surface area contributed by atoms with Crippen LogP contribution in [0.3, 0.4) is 0 Å². The van der Waals surface area contributed by atoms with Crippen molar-refractivity contribution < 1.29 is 4.74 Å². The van der Waals surface area contributed by atoms with E-state index in [4.69, 9.17) is 10.5 Å². The van der Waals surface area contributed by atoms with Gasteiger partial charge in [0.2, 0.25) is 0 Å². The highest BCUT2D eigenvalue weighted by Gasteiger charge is 2.43. The zero-order valence-electron chi connectivity index (χ0n) is 12.5. The van der Waals surface area contributed by atoms with Crippen LogP contribution in [-0.2, 0) is 11.3 Å². The number of rotatable bonds is 6. The van der Waals surface area contributed by atoms with Crippen LogP contribution >= 0.6 is 0 Å². The Morgan fingerprint density at radius 3 is 2.90 bits per heavy atom. The SMILES string of the molecule is COCCC1(Cn2nnnc2-c2cccc(N)c2C)CC1. The second kappa shape index (κ2) is 5.44. The van der Waals surface area contributed by atoms with Gasteiger partial charge < -0.3 is 10.5 Å². The molecule has 0 saturated heterocycles. The van der Waals surface area contributed by atoms with E-state index in [1.165, 1.54) is 12.8 Å². The third-order valence-corrected chi connectivity index (χ3v) is 4.43. The molecule has 0 spiro atoms. The number of hydrogen-bond acceptors (Lipinski definition) is 5. The second-order valence-electron chi connectivity index (χ2n) is 5.92. The monoisotopic (exact) mass is 287 g/mol. The number of nitrogen functional groups attached to an aromatic ring is 1. The summed E-state index contributed by atoms with van der Waals surface area (Å²) in [6.45, 7) is 3.63. The number of tetrazole rings is 1. The lowest BCUT2D eigenvalue weighted by Crippen LogP contribution is -2.16. The van der Waals surface area contributed by atoms with Crippen molar-refractivity contribution in [2.45, 2.75) is 32.7 Å². The highest BCUT2D eigenvalue weighted by molar-refractivity contribution is 5.67. The maximum atomic E-state index is 5.99. The van der Waals surface area contributed by atoms with Gasteiger partial charge in [-0.2, -0.15) is 0 Å². The summed E-state index contributed by atoms with van der Waals surface area (Å²) in [7, 11) is 1.74. The summed E-state index contributed by atoms with van der Waals surface area (Å²) in [6, 6.07) is 5.85. The van der Waals surface area contributed by atoms with Gasteiger partial charge in [-0.1, -0.05) is 12.1 Å². The lowest BCUT2D eigenvalue weighted by atomic mass is 10.0. The molecule has 6 heteroatoms. The number of anilines is 1. The highest BCUT2D eigenvalue weighted by atomic mass is 16.5. The van der Waals surface area contributed by atoms with E-state index in [0.717, 1.165) is 42.2 Å². The van der Waals surface area contributed by atoms with Gasteiger partial charge in [0, 0.05) is 25.0 Å². The lowest BCUT2D eigenvalue weighted by Gasteiger charge is -2.16. The zero-order valence-corrected chi connectivity index (χ0v) is 12.5. The standard InChI is InChI=1S/C15H21N5O/c1-11-12(4-3-5-13(11)16)14-17-18-19-20(14)10-15(6-7-15)8-9-21-2/h3-5H,6-10,16H2,1-2H3. The Morgan fingerprint density at radius 2 is 2.19 bits per heavy atom. The molecule has 0 amide bonds. The Hall–Kier alpha value is -1.95. The van der Waals surface area contributed by atoms with Crippen molar-refractivity contribution >= 4 is 5.69 Å². The van der Waals surface area contributed by atoms with Crippen LogP contribution in [0.5, 0.6) is 0 Å². The van der Waals surface area contributed by atoms with Crippen LogP contribution in [-0.4, -0.2) is 33.9 Å². The fraction of sp³-hybridized carbons (Fsp3) is 0.533. The van der Waals surface area contributed by atoms with Gasteiger partial charge in [-0.15, -0.1) is 5.10 Å². The topological polar surface area (TPSA) is 78.8 Å². The van der Waals surface area contributed by atoms with E-state index >= 15 is 0 Å². The number of methoxy groups -OCH3 is 1. The van der Waals surface area contributed by atoms with Gasteiger partial charge in [0.1, 0.15) is 0 Å². The number of nitrogens with two attached hydrogens (primary N) is 1. The Labute approximate surface area is 124 Å². The molecule has 0 radical (unpaired) electrons. The van der Waals surface area contributed by atoms with Gasteiger partial charge >= 0.3 is 0 Å². The van der Waals surface area contributed by atoms with E-state index in [1.54, 1.807) is 7.11 Å². The van der Waals surface area contributed by atoms with Crippen LogP contribution < -0.4 is 5.73 Å². The third kappa shape index (κ3) is 2.76. The summed E-state index contributed by atoms with van der Waals surface area (Å²) in [5.41, 5.74) is 9.08. The summed E-state index contributed by atoms with van der Waals surface area (Å²) >= 11 is 0. The molecule has 1 heterocycles. The zero-order chi connectivity index (χ0) is 14.9. The maximum Gasteiger partial charge on any atom is 0.182 e. The molecule has 1 aromatic carbocycles. The molecule has 0 unspecified atom stereocenters. The number of aromatic nitrogens is 4. The molecule has 6 nitrogen and oxygen atoms in total. The van der Waals surface area contributed by atoms with Gasteiger partial charge in [0.25, 0.3) is 0 Å². The lowest BCUT2D eigenvalue weighted by molar-refractivity contribution is 0.165. The van der Waals surface area contributed by atoms with Crippen molar-refractivity contribution in [2.24, 2.45) is 5.41 Å². The normalized spacial score (nSPS) is 16.1.